The Bertz CT molecular complexity index is 468. The van der Waals surface area contributed by atoms with Crippen LogP contribution >= 0.6 is 24.0 Å². The maximum absolute atomic E-state index is 5.65. The molecule has 1 aromatic heterocycles. The number of nitrogens with one attached hydrogen (secondary N) is 1. The van der Waals surface area contributed by atoms with E-state index in [-0.39, 0.29) is 24.0 Å². The normalized spacial score (nSPS) is 22.9. The Hall–Kier alpha value is -0.870. The molecule has 130 valence electrons. The smallest absolute Gasteiger partial charge is 0.193 e. The van der Waals surface area contributed by atoms with Gasteiger partial charge in [0.25, 0.3) is 0 Å². The van der Waals surface area contributed by atoms with Crippen molar-refractivity contribution in [3.05, 3.63) is 18.0 Å². The molecule has 3 rings (SSSR count). The fourth-order valence-electron chi connectivity index (χ4n) is 3.01. The molecule has 2 fully saturated rings. The van der Waals surface area contributed by atoms with Gasteiger partial charge in [-0.25, -0.2) is 0 Å². The van der Waals surface area contributed by atoms with Gasteiger partial charge in [0.1, 0.15) is 6.26 Å². The lowest BCUT2D eigenvalue weighted by atomic mass is 10.2. The van der Waals surface area contributed by atoms with Crippen molar-refractivity contribution in [3.8, 4) is 0 Å². The lowest BCUT2D eigenvalue weighted by Gasteiger charge is -2.36. The summed E-state index contributed by atoms with van der Waals surface area (Å²) in [5, 5.41) is 7.42. The Morgan fingerprint density at radius 2 is 2.22 bits per heavy atom. The summed E-state index contributed by atoms with van der Waals surface area (Å²) in [6.45, 7) is 6.57. The molecule has 3 heterocycles. The highest BCUT2D eigenvalue weighted by Gasteiger charge is 2.21. The van der Waals surface area contributed by atoms with Crippen LogP contribution in [-0.2, 0) is 11.3 Å². The van der Waals surface area contributed by atoms with Crippen LogP contribution in [0.4, 0.5) is 0 Å². The van der Waals surface area contributed by atoms with E-state index in [1.165, 1.54) is 6.42 Å². The molecule has 2 saturated heterocycles. The summed E-state index contributed by atoms with van der Waals surface area (Å²) in [6, 6.07) is 1.93. The van der Waals surface area contributed by atoms with Crippen LogP contribution in [-0.4, -0.2) is 73.4 Å². The Morgan fingerprint density at radius 1 is 1.39 bits per heavy atom. The topological polar surface area (TPSA) is 66.1 Å². The summed E-state index contributed by atoms with van der Waals surface area (Å²) in [7, 11) is 1.85. The van der Waals surface area contributed by atoms with Crippen molar-refractivity contribution in [1.29, 1.82) is 0 Å². The molecule has 0 amide bonds. The number of halogens is 1. The standard InChI is InChI=1S/C15H25N5O2.HI/c1-16-15(17-11-14-3-2-9-21-14)20-7-5-19(6-8-20)12-13-4-10-22-18-13;/h4,10,14H,2-3,5-9,11-12H2,1H3,(H,16,17);1H. The molecule has 8 heteroatoms. The van der Waals surface area contributed by atoms with Crippen LogP contribution in [0.5, 0.6) is 0 Å². The third kappa shape index (κ3) is 5.32. The summed E-state index contributed by atoms with van der Waals surface area (Å²) >= 11 is 0. The highest BCUT2D eigenvalue weighted by atomic mass is 127. The molecule has 2 aliphatic rings. The fourth-order valence-corrected chi connectivity index (χ4v) is 3.01. The monoisotopic (exact) mass is 435 g/mol. The quantitative estimate of drug-likeness (QED) is 0.435. The molecule has 0 spiro atoms. The molecular formula is C15H26IN5O2. The number of hydrogen-bond donors (Lipinski definition) is 1. The highest BCUT2D eigenvalue weighted by molar-refractivity contribution is 14.0. The predicted molar refractivity (Wildman–Crippen MR) is 99.1 cm³/mol. The number of aromatic nitrogens is 1. The molecule has 0 bridgehead atoms. The fraction of sp³-hybridized carbons (Fsp3) is 0.733. The largest absolute Gasteiger partial charge is 0.376 e. The first-order chi connectivity index (χ1) is 10.8. The van der Waals surface area contributed by atoms with Gasteiger partial charge in [0.2, 0.25) is 0 Å². The van der Waals surface area contributed by atoms with Crippen LogP contribution < -0.4 is 5.32 Å². The SMILES string of the molecule is CN=C(NCC1CCCO1)N1CCN(Cc2ccon2)CC1.I. The average Bonchev–Trinajstić information content (AvgIpc) is 3.23. The molecule has 1 atom stereocenters. The van der Waals surface area contributed by atoms with E-state index in [4.69, 9.17) is 9.26 Å². The van der Waals surface area contributed by atoms with Gasteiger partial charge in [-0.3, -0.25) is 9.89 Å². The van der Waals surface area contributed by atoms with Crippen molar-refractivity contribution in [2.45, 2.75) is 25.5 Å². The maximum Gasteiger partial charge on any atom is 0.193 e. The van der Waals surface area contributed by atoms with E-state index >= 15 is 0 Å². The third-order valence-corrected chi connectivity index (χ3v) is 4.27. The van der Waals surface area contributed by atoms with Crippen molar-refractivity contribution in [1.82, 2.24) is 20.3 Å². The zero-order chi connectivity index (χ0) is 15.2. The first-order valence-corrected chi connectivity index (χ1v) is 8.04. The van der Waals surface area contributed by atoms with E-state index < -0.39 is 0 Å². The van der Waals surface area contributed by atoms with Gasteiger partial charge in [-0.05, 0) is 12.8 Å². The second kappa shape index (κ2) is 9.43. The molecular weight excluding hydrogens is 409 g/mol. The predicted octanol–water partition coefficient (Wildman–Crippen LogP) is 1.16. The molecule has 23 heavy (non-hydrogen) atoms. The molecule has 0 saturated carbocycles. The van der Waals surface area contributed by atoms with E-state index in [9.17, 15) is 0 Å². The molecule has 0 aliphatic carbocycles. The zero-order valence-corrected chi connectivity index (χ0v) is 15.9. The number of guanidine groups is 1. The summed E-state index contributed by atoms with van der Waals surface area (Å²) in [5.41, 5.74) is 0.995. The van der Waals surface area contributed by atoms with Gasteiger partial charge in [-0.1, -0.05) is 5.16 Å². The number of hydrogen-bond acceptors (Lipinski definition) is 5. The van der Waals surface area contributed by atoms with Crippen LogP contribution in [0, 0.1) is 0 Å². The van der Waals surface area contributed by atoms with Crippen molar-refractivity contribution in [2.24, 2.45) is 4.99 Å². The second-order valence-corrected chi connectivity index (χ2v) is 5.82. The Kier molecular flexibility index (Phi) is 7.57. The summed E-state index contributed by atoms with van der Waals surface area (Å²) < 4.78 is 10.5. The Labute approximate surface area is 154 Å². The lowest BCUT2D eigenvalue weighted by Crippen LogP contribution is -2.53. The minimum Gasteiger partial charge on any atom is -0.376 e. The summed E-state index contributed by atoms with van der Waals surface area (Å²) in [6.07, 6.45) is 4.29. The molecule has 0 aromatic carbocycles. The van der Waals surface area contributed by atoms with Crippen molar-refractivity contribution in [3.63, 3.8) is 0 Å². The second-order valence-electron chi connectivity index (χ2n) is 5.82. The van der Waals surface area contributed by atoms with E-state index in [1.807, 2.05) is 13.1 Å². The molecule has 7 nitrogen and oxygen atoms in total. The molecule has 1 N–H and O–H groups in total. The summed E-state index contributed by atoms with van der Waals surface area (Å²) in [5.74, 6) is 0.983. The average molecular weight is 435 g/mol. The van der Waals surface area contributed by atoms with Crippen molar-refractivity contribution >= 4 is 29.9 Å². The van der Waals surface area contributed by atoms with Crippen LogP contribution in [0.1, 0.15) is 18.5 Å². The number of aliphatic imine (C=N–C) groups is 1. The van der Waals surface area contributed by atoms with Crippen molar-refractivity contribution < 1.29 is 9.26 Å². The van der Waals surface area contributed by atoms with Crippen LogP contribution in [0.15, 0.2) is 21.8 Å². The first kappa shape index (κ1) is 18.5. The van der Waals surface area contributed by atoms with Crippen LogP contribution in [0.25, 0.3) is 0 Å². The molecule has 0 radical (unpaired) electrons. The van der Waals surface area contributed by atoms with Crippen molar-refractivity contribution in [2.75, 3.05) is 46.4 Å². The van der Waals surface area contributed by atoms with E-state index in [1.54, 1.807) is 6.26 Å². The number of piperazine rings is 1. The van der Waals surface area contributed by atoms with Gasteiger partial charge in [-0.2, -0.15) is 0 Å². The summed E-state index contributed by atoms with van der Waals surface area (Å²) in [4.78, 5) is 9.11. The van der Waals surface area contributed by atoms with Gasteiger partial charge < -0.3 is 19.5 Å². The lowest BCUT2D eigenvalue weighted by molar-refractivity contribution is 0.112. The Morgan fingerprint density at radius 3 is 2.83 bits per heavy atom. The van der Waals surface area contributed by atoms with Crippen LogP contribution in [0.2, 0.25) is 0 Å². The van der Waals surface area contributed by atoms with Gasteiger partial charge in [0.05, 0.1) is 11.8 Å². The maximum atomic E-state index is 5.65. The van der Waals surface area contributed by atoms with Gasteiger partial charge in [0, 0.05) is 59.0 Å². The van der Waals surface area contributed by atoms with Gasteiger partial charge in [-0.15, -0.1) is 24.0 Å². The first-order valence-electron chi connectivity index (χ1n) is 8.04. The zero-order valence-electron chi connectivity index (χ0n) is 13.6. The molecule has 2 aliphatic heterocycles. The third-order valence-electron chi connectivity index (χ3n) is 4.27. The van der Waals surface area contributed by atoms with E-state index in [2.05, 4.69) is 25.3 Å². The number of nitrogens with zero attached hydrogens (tertiary/aromatic N) is 4. The van der Waals surface area contributed by atoms with Gasteiger partial charge in [0.15, 0.2) is 5.96 Å². The minimum absolute atomic E-state index is 0. The number of rotatable bonds is 4. The Balaban J connectivity index is 0.00000192. The molecule has 1 aromatic rings. The van der Waals surface area contributed by atoms with E-state index in [0.29, 0.717) is 6.10 Å². The van der Waals surface area contributed by atoms with Crippen LogP contribution in [0.3, 0.4) is 0 Å². The van der Waals surface area contributed by atoms with E-state index in [0.717, 1.165) is 63.9 Å². The number of ether oxygens (including phenoxy) is 1. The van der Waals surface area contributed by atoms with Gasteiger partial charge >= 0.3 is 0 Å². The molecule has 1 unspecified atom stereocenters. The highest BCUT2D eigenvalue weighted by Crippen LogP contribution is 2.11. The minimum atomic E-state index is 0.